The topological polar surface area (TPSA) is 49.9 Å². The van der Waals surface area contributed by atoms with Crippen LogP contribution in [0.1, 0.15) is 38.7 Å². The van der Waals surface area contributed by atoms with Crippen LogP contribution in [0, 0.1) is 0 Å². The predicted molar refractivity (Wildman–Crippen MR) is 60.6 cm³/mol. The van der Waals surface area contributed by atoms with Crippen LogP contribution in [0.3, 0.4) is 0 Å². The van der Waals surface area contributed by atoms with E-state index in [0.29, 0.717) is 0 Å². The van der Waals surface area contributed by atoms with E-state index in [0.717, 1.165) is 31.0 Å². The zero-order valence-corrected chi connectivity index (χ0v) is 10.1. The maximum atomic E-state index is 5.48. The van der Waals surface area contributed by atoms with Crippen molar-refractivity contribution in [2.75, 3.05) is 13.7 Å². The first-order valence-electron chi connectivity index (χ1n) is 5.46. The highest BCUT2D eigenvalue weighted by atomic mass is 16.5. The van der Waals surface area contributed by atoms with Gasteiger partial charge in [0.2, 0.25) is 0 Å². The van der Waals surface area contributed by atoms with Crippen LogP contribution in [0.5, 0.6) is 0 Å². The molecule has 0 bridgehead atoms. The summed E-state index contributed by atoms with van der Waals surface area (Å²) in [5, 5.41) is 3.25. The van der Waals surface area contributed by atoms with E-state index in [4.69, 9.17) is 4.74 Å². The van der Waals surface area contributed by atoms with Crippen molar-refractivity contribution in [2.45, 2.75) is 39.3 Å². The lowest BCUT2D eigenvalue weighted by Crippen LogP contribution is -2.25. The molecule has 0 spiro atoms. The molecule has 86 valence electrons. The van der Waals surface area contributed by atoms with Crippen molar-refractivity contribution in [1.29, 1.82) is 0 Å². The van der Waals surface area contributed by atoms with Gasteiger partial charge in [0, 0.05) is 25.5 Å². The van der Waals surface area contributed by atoms with Crippen LogP contribution < -0.4 is 5.32 Å². The zero-order valence-electron chi connectivity index (χ0n) is 10.1. The van der Waals surface area contributed by atoms with E-state index in [2.05, 4.69) is 29.1 Å². The van der Waals surface area contributed by atoms with Gasteiger partial charge in [-0.2, -0.15) is 0 Å². The SMILES string of the molecule is CCNCc1cnc(C(C)(CC)OC)[nH]1. The maximum Gasteiger partial charge on any atom is 0.138 e. The molecule has 0 saturated carbocycles. The van der Waals surface area contributed by atoms with Crippen molar-refractivity contribution in [3.63, 3.8) is 0 Å². The fourth-order valence-corrected chi connectivity index (χ4v) is 1.39. The molecule has 0 aromatic carbocycles. The lowest BCUT2D eigenvalue weighted by atomic mass is 10.0. The van der Waals surface area contributed by atoms with Crippen LogP contribution in [-0.2, 0) is 16.9 Å². The molecule has 0 aliphatic carbocycles. The van der Waals surface area contributed by atoms with Gasteiger partial charge in [0.15, 0.2) is 0 Å². The van der Waals surface area contributed by atoms with E-state index in [-0.39, 0.29) is 5.60 Å². The van der Waals surface area contributed by atoms with Gasteiger partial charge in [-0.3, -0.25) is 0 Å². The van der Waals surface area contributed by atoms with E-state index in [1.54, 1.807) is 7.11 Å². The molecular formula is C11H21N3O. The molecular weight excluding hydrogens is 190 g/mol. The third-order valence-electron chi connectivity index (χ3n) is 2.82. The summed E-state index contributed by atoms with van der Waals surface area (Å²) < 4.78 is 5.48. The standard InChI is InChI=1S/C11H21N3O/c1-5-11(3,15-4)10-13-8-9(14-10)7-12-6-2/h8,12H,5-7H2,1-4H3,(H,13,14). The summed E-state index contributed by atoms with van der Waals surface area (Å²) in [5.74, 6) is 0.903. The van der Waals surface area contributed by atoms with Crippen LogP contribution in [0.25, 0.3) is 0 Å². The summed E-state index contributed by atoms with van der Waals surface area (Å²) in [6, 6.07) is 0. The Balaban J connectivity index is 2.74. The molecule has 2 N–H and O–H groups in total. The molecule has 0 saturated heterocycles. The number of imidazole rings is 1. The molecule has 0 radical (unpaired) electrons. The van der Waals surface area contributed by atoms with Gasteiger partial charge in [-0.1, -0.05) is 13.8 Å². The Morgan fingerprint density at radius 1 is 1.53 bits per heavy atom. The maximum absolute atomic E-state index is 5.48. The van der Waals surface area contributed by atoms with Crippen molar-refractivity contribution < 1.29 is 4.74 Å². The van der Waals surface area contributed by atoms with Gasteiger partial charge < -0.3 is 15.0 Å². The summed E-state index contributed by atoms with van der Waals surface area (Å²) >= 11 is 0. The minimum Gasteiger partial charge on any atom is -0.371 e. The Morgan fingerprint density at radius 2 is 2.27 bits per heavy atom. The van der Waals surface area contributed by atoms with Gasteiger partial charge in [0.25, 0.3) is 0 Å². The Morgan fingerprint density at radius 3 is 2.80 bits per heavy atom. The Bertz CT molecular complexity index is 292. The van der Waals surface area contributed by atoms with Crippen molar-refractivity contribution in [1.82, 2.24) is 15.3 Å². The number of rotatable bonds is 6. The number of H-pyrrole nitrogens is 1. The van der Waals surface area contributed by atoms with Crippen LogP contribution in [-0.4, -0.2) is 23.6 Å². The number of aromatic nitrogens is 2. The van der Waals surface area contributed by atoms with Gasteiger partial charge in [0.05, 0.1) is 0 Å². The zero-order chi connectivity index (χ0) is 11.3. The smallest absolute Gasteiger partial charge is 0.138 e. The number of hydrogen-bond donors (Lipinski definition) is 2. The molecule has 15 heavy (non-hydrogen) atoms. The van der Waals surface area contributed by atoms with Gasteiger partial charge in [-0.15, -0.1) is 0 Å². The van der Waals surface area contributed by atoms with Crippen LogP contribution in [0.15, 0.2) is 6.20 Å². The average molecular weight is 211 g/mol. The highest BCUT2D eigenvalue weighted by molar-refractivity contribution is 5.07. The molecule has 4 heteroatoms. The second-order valence-electron chi connectivity index (χ2n) is 3.83. The Labute approximate surface area is 91.4 Å². The first-order valence-corrected chi connectivity index (χ1v) is 5.46. The lowest BCUT2D eigenvalue weighted by Gasteiger charge is -2.23. The first kappa shape index (κ1) is 12.2. The number of nitrogens with one attached hydrogen (secondary N) is 2. The predicted octanol–water partition coefficient (Wildman–Crippen LogP) is 1.79. The van der Waals surface area contributed by atoms with E-state index in [1.807, 2.05) is 13.1 Å². The quantitative estimate of drug-likeness (QED) is 0.754. The Hall–Kier alpha value is -0.870. The van der Waals surface area contributed by atoms with Gasteiger partial charge in [0.1, 0.15) is 11.4 Å². The fourth-order valence-electron chi connectivity index (χ4n) is 1.39. The number of ether oxygens (including phenoxy) is 1. The third kappa shape index (κ3) is 2.79. The molecule has 1 atom stereocenters. The van der Waals surface area contributed by atoms with Gasteiger partial charge in [-0.05, 0) is 19.9 Å². The first-order chi connectivity index (χ1) is 7.16. The molecule has 1 aromatic rings. The van der Waals surface area contributed by atoms with Crippen LogP contribution in [0.4, 0.5) is 0 Å². The van der Waals surface area contributed by atoms with Gasteiger partial charge >= 0.3 is 0 Å². The van der Waals surface area contributed by atoms with Gasteiger partial charge in [-0.25, -0.2) is 4.98 Å². The summed E-state index contributed by atoms with van der Waals surface area (Å²) in [6.45, 7) is 8.01. The fraction of sp³-hybridized carbons (Fsp3) is 0.727. The average Bonchev–Trinajstić information content (AvgIpc) is 2.74. The molecule has 1 aromatic heterocycles. The summed E-state index contributed by atoms with van der Waals surface area (Å²) in [6.07, 6.45) is 2.77. The third-order valence-corrected chi connectivity index (χ3v) is 2.82. The molecule has 0 amide bonds. The van der Waals surface area contributed by atoms with Crippen molar-refractivity contribution in [3.8, 4) is 0 Å². The summed E-state index contributed by atoms with van der Waals surface area (Å²) in [4.78, 5) is 7.65. The minimum absolute atomic E-state index is 0.301. The molecule has 1 heterocycles. The molecule has 0 aliphatic rings. The van der Waals surface area contributed by atoms with E-state index in [1.165, 1.54) is 0 Å². The summed E-state index contributed by atoms with van der Waals surface area (Å²) in [5.41, 5.74) is 0.799. The highest BCUT2D eigenvalue weighted by Gasteiger charge is 2.26. The Kier molecular flexibility index (Phi) is 4.29. The molecule has 1 unspecified atom stereocenters. The van der Waals surface area contributed by atoms with Crippen molar-refractivity contribution >= 4 is 0 Å². The van der Waals surface area contributed by atoms with E-state index in [9.17, 15) is 0 Å². The van der Waals surface area contributed by atoms with Crippen molar-refractivity contribution in [2.24, 2.45) is 0 Å². The molecule has 4 nitrogen and oxygen atoms in total. The van der Waals surface area contributed by atoms with Crippen molar-refractivity contribution in [3.05, 3.63) is 17.7 Å². The minimum atomic E-state index is -0.301. The molecule has 0 aliphatic heterocycles. The van der Waals surface area contributed by atoms with E-state index < -0.39 is 0 Å². The largest absolute Gasteiger partial charge is 0.371 e. The number of nitrogens with zero attached hydrogens (tertiary/aromatic N) is 1. The normalized spacial score (nSPS) is 15.2. The number of aromatic amines is 1. The molecule has 1 rings (SSSR count). The van der Waals surface area contributed by atoms with Crippen LogP contribution >= 0.6 is 0 Å². The second kappa shape index (κ2) is 5.28. The number of hydrogen-bond acceptors (Lipinski definition) is 3. The molecule has 0 fully saturated rings. The van der Waals surface area contributed by atoms with E-state index >= 15 is 0 Å². The monoisotopic (exact) mass is 211 g/mol. The lowest BCUT2D eigenvalue weighted by molar-refractivity contribution is -0.00837. The summed E-state index contributed by atoms with van der Waals surface area (Å²) in [7, 11) is 1.72. The number of methoxy groups -OCH3 is 1. The van der Waals surface area contributed by atoms with Crippen LogP contribution in [0.2, 0.25) is 0 Å². The highest BCUT2D eigenvalue weighted by Crippen LogP contribution is 2.25. The second-order valence-corrected chi connectivity index (χ2v) is 3.83.